The molecule has 0 aliphatic heterocycles. The van der Waals surface area contributed by atoms with Crippen molar-refractivity contribution in [1.29, 1.82) is 0 Å². The molecule has 2 rings (SSSR count). The van der Waals surface area contributed by atoms with Gasteiger partial charge in [0.05, 0.1) is 15.6 Å². The van der Waals surface area contributed by atoms with Crippen LogP contribution in [0.3, 0.4) is 0 Å². The molecule has 0 saturated carbocycles. The van der Waals surface area contributed by atoms with Crippen LogP contribution in [-0.2, 0) is 4.79 Å². The van der Waals surface area contributed by atoms with Gasteiger partial charge in [-0.25, -0.2) is 4.39 Å². The molecule has 2 aromatic carbocycles. The molecule has 0 saturated heterocycles. The van der Waals surface area contributed by atoms with E-state index in [1.165, 1.54) is 25.1 Å². The number of ether oxygens (including phenoxy) is 1. The van der Waals surface area contributed by atoms with Crippen molar-refractivity contribution in [2.75, 3.05) is 5.32 Å². The third-order valence-corrected chi connectivity index (χ3v) is 3.52. The van der Waals surface area contributed by atoms with Gasteiger partial charge in [-0.3, -0.25) is 14.9 Å². The third kappa shape index (κ3) is 4.33. The molecular weight excluding hydrogens is 362 g/mol. The van der Waals surface area contributed by atoms with Crippen molar-refractivity contribution in [3.63, 3.8) is 0 Å². The first-order valence-corrected chi connectivity index (χ1v) is 7.40. The van der Waals surface area contributed by atoms with Gasteiger partial charge in [0.15, 0.2) is 6.10 Å². The van der Waals surface area contributed by atoms with Crippen LogP contribution < -0.4 is 10.1 Å². The third-order valence-electron chi connectivity index (χ3n) is 2.99. The summed E-state index contributed by atoms with van der Waals surface area (Å²) in [5.41, 5.74) is -0.659. The average molecular weight is 373 g/mol. The Balaban J connectivity index is 2.11. The number of carbonyl (C=O) groups is 1. The molecule has 126 valence electrons. The van der Waals surface area contributed by atoms with E-state index in [1.807, 2.05) is 0 Å². The molecule has 0 spiro atoms. The number of rotatable bonds is 5. The summed E-state index contributed by atoms with van der Waals surface area (Å²) in [6.07, 6.45) is -1.03. The second-order valence-electron chi connectivity index (χ2n) is 4.75. The lowest BCUT2D eigenvalue weighted by molar-refractivity contribution is -0.384. The van der Waals surface area contributed by atoms with Crippen LogP contribution in [0.4, 0.5) is 15.8 Å². The molecule has 24 heavy (non-hydrogen) atoms. The molecule has 0 aromatic heterocycles. The Morgan fingerprint density at radius 3 is 2.62 bits per heavy atom. The highest BCUT2D eigenvalue weighted by atomic mass is 35.5. The van der Waals surface area contributed by atoms with Crippen molar-refractivity contribution in [3.8, 4) is 5.75 Å². The molecule has 1 atom stereocenters. The average Bonchev–Trinajstić information content (AvgIpc) is 2.51. The van der Waals surface area contributed by atoms with Gasteiger partial charge in [0.1, 0.15) is 11.6 Å². The maximum absolute atomic E-state index is 13.7. The largest absolute Gasteiger partial charge is 0.479 e. The number of carbonyl (C=O) groups excluding carboxylic acids is 1. The highest BCUT2D eigenvalue weighted by molar-refractivity contribution is 6.35. The summed E-state index contributed by atoms with van der Waals surface area (Å²) in [6, 6.07) is 7.29. The number of amides is 1. The Morgan fingerprint density at radius 1 is 1.29 bits per heavy atom. The summed E-state index contributed by atoms with van der Waals surface area (Å²) >= 11 is 11.7. The van der Waals surface area contributed by atoms with Crippen LogP contribution in [0.25, 0.3) is 0 Å². The van der Waals surface area contributed by atoms with E-state index in [2.05, 4.69) is 5.32 Å². The van der Waals surface area contributed by atoms with Gasteiger partial charge in [-0.05, 0) is 31.2 Å². The number of nitro benzene ring substituents is 1. The molecule has 0 fully saturated rings. The van der Waals surface area contributed by atoms with Gasteiger partial charge in [0.2, 0.25) is 0 Å². The fraction of sp³-hybridized carbons (Fsp3) is 0.133. The van der Waals surface area contributed by atoms with Gasteiger partial charge in [0.25, 0.3) is 11.6 Å². The molecule has 0 aliphatic rings. The van der Waals surface area contributed by atoms with Gasteiger partial charge in [-0.15, -0.1) is 0 Å². The lowest BCUT2D eigenvalue weighted by Crippen LogP contribution is -2.30. The first kappa shape index (κ1) is 18.0. The SMILES string of the molecule is CC(Oc1ccc(Cl)cc1Cl)C(=O)Nc1cc([N+](=O)[O-])ccc1F. The monoisotopic (exact) mass is 372 g/mol. The van der Waals surface area contributed by atoms with E-state index in [0.717, 1.165) is 18.2 Å². The van der Waals surface area contributed by atoms with Crippen LogP contribution in [-0.4, -0.2) is 16.9 Å². The van der Waals surface area contributed by atoms with Crippen LogP contribution in [0.2, 0.25) is 10.0 Å². The molecule has 1 amide bonds. The zero-order valence-corrected chi connectivity index (χ0v) is 13.8. The van der Waals surface area contributed by atoms with Crippen LogP contribution in [0, 0.1) is 15.9 Å². The number of nitro groups is 1. The van der Waals surface area contributed by atoms with Crippen molar-refractivity contribution in [3.05, 3.63) is 62.4 Å². The summed E-state index contributed by atoms with van der Waals surface area (Å²) in [5, 5.41) is 13.6. The maximum atomic E-state index is 13.7. The minimum atomic E-state index is -1.03. The molecule has 1 N–H and O–H groups in total. The number of nitrogens with zero attached hydrogens (tertiary/aromatic N) is 1. The molecule has 1 unspecified atom stereocenters. The molecule has 0 aliphatic carbocycles. The highest BCUT2D eigenvalue weighted by Gasteiger charge is 2.19. The van der Waals surface area contributed by atoms with Gasteiger partial charge in [-0.1, -0.05) is 23.2 Å². The van der Waals surface area contributed by atoms with Crippen molar-refractivity contribution < 1.29 is 18.8 Å². The Labute approximate surface area is 146 Å². The normalized spacial score (nSPS) is 11.7. The number of hydrogen-bond donors (Lipinski definition) is 1. The van der Waals surface area contributed by atoms with E-state index in [-0.39, 0.29) is 22.1 Å². The summed E-state index contributed by atoms with van der Waals surface area (Å²) in [7, 11) is 0. The van der Waals surface area contributed by atoms with E-state index >= 15 is 0 Å². The van der Waals surface area contributed by atoms with E-state index in [4.69, 9.17) is 27.9 Å². The molecule has 0 radical (unpaired) electrons. The van der Waals surface area contributed by atoms with Gasteiger partial charge < -0.3 is 10.1 Å². The molecule has 9 heteroatoms. The van der Waals surface area contributed by atoms with Gasteiger partial charge >= 0.3 is 0 Å². The van der Waals surface area contributed by atoms with E-state index in [0.29, 0.717) is 5.02 Å². The first-order valence-electron chi connectivity index (χ1n) is 6.64. The Kier molecular flexibility index (Phi) is 5.58. The van der Waals surface area contributed by atoms with Crippen molar-refractivity contribution in [1.82, 2.24) is 0 Å². The minimum Gasteiger partial charge on any atom is -0.479 e. The summed E-state index contributed by atoms with van der Waals surface area (Å²) < 4.78 is 19.1. The number of anilines is 1. The maximum Gasteiger partial charge on any atom is 0.271 e. The number of hydrogen-bond acceptors (Lipinski definition) is 4. The fourth-order valence-electron chi connectivity index (χ4n) is 1.77. The Bertz CT molecular complexity index is 801. The number of halogens is 3. The lowest BCUT2D eigenvalue weighted by atomic mass is 10.2. The highest BCUT2D eigenvalue weighted by Crippen LogP contribution is 2.28. The Morgan fingerprint density at radius 2 is 2.00 bits per heavy atom. The number of nitrogens with one attached hydrogen (secondary N) is 1. The zero-order valence-electron chi connectivity index (χ0n) is 12.3. The molecule has 0 heterocycles. The minimum absolute atomic E-state index is 0.212. The van der Waals surface area contributed by atoms with Crippen LogP contribution in [0.15, 0.2) is 36.4 Å². The van der Waals surface area contributed by atoms with Crippen molar-refractivity contribution in [2.45, 2.75) is 13.0 Å². The van der Waals surface area contributed by atoms with Crippen molar-refractivity contribution >= 4 is 40.5 Å². The Hall–Kier alpha value is -2.38. The van der Waals surface area contributed by atoms with Crippen LogP contribution in [0.5, 0.6) is 5.75 Å². The van der Waals surface area contributed by atoms with Crippen LogP contribution >= 0.6 is 23.2 Å². The molecule has 2 aromatic rings. The predicted octanol–water partition coefficient (Wildman–Crippen LogP) is 4.45. The van der Waals surface area contributed by atoms with Gasteiger partial charge in [-0.2, -0.15) is 0 Å². The predicted molar refractivity (Wildman–Crippen MR) is 88.2 cm³/mol. The topological polar surface area (TPSA) is 81.5 Å². The standard InChI is InChI=1S/C15H11Cl2FN2O4/c1-8(24-14-5-2-9(16)6-11(14)17)15(21)19-13-7-10(20(22)23)3-4-12(13)18/h2-8H,1H3,(H,19,21). The molecular formula is C15H11Cl2FN2O4. The van der Waals surface area contributed by atoms with Crippen LogP contribution in [0.1, 0.15) is 6.92 Å². The fourth-order valence-corrected chi connectivity index (χ4v) is 2.22. The number of benzene rings is 2. The molecule has 0 bridgehead atoms. The van der Waals surface area contributed by atoms with E-state index < -0.39 is 22.8 Å². The second kappa shape index (κ2) is 7.46. The van der Waals surface area contributed by atoms with E-state index in [1.54, 1.807) is 0 Å². The quantitative estimate of drug-likeness (QED) is 0.620. The molecule has 6 nitrogen and oxygen atoms in total. The summed E-state index contributed by atoms with van der Waals surface area (Å²) in [5.74, 6) is -1.27. The lowest BCUT2D eigenvalue weighted by Gasteiger charge is -2.16. The summed E-state index contributed by atoms with van der Waals surface area (Å²) in [4.78, 5) is 22.1. The first-order chi connectivity index (χ1) is 11.3. The second-order valence-corrected chi connectivity index (χ2v) is 5.59. The zero-order chi connectivity index (χ0) is 17.9. The number of non-ortho nitro benzene ring substituents is 1. The smallest absolute Gasteiger partial charge is 0.271 e. The van der Waals surface area contributed by atoms with E-state index in [9.17, 15) is 19.3 Å². The van der Waals surface area contributed by atoms with Gasteiger partial charge in [0, 0.05) is 17.2 Å². The summed E-state index contributed by atoms with van der Waals surface area (Å²) in [6.45, 7) is 1.43. The van der Waals surface area contributed by atoms with Crippen molar-refractivity contribution in [2.24, 2.45) is 0 Å².